The summed E-state index contributed by atoms with van der Waals surface area (Å²) in [5.74, 6) is 0. The van der Waals surface area contributed by atoms with Gasteiger partial charge in [0, 0.05) is 29.2 Å². The molecule has 0 spiro atoms. The molecule has 0 aliphatic heterocycles. The fourth-order valence-electron chi connectivity index (χ4n) is 4.81. The number of fused-ring (bicyclic) bond motifs is 5. The molecule has 0 saturated carbocycles. The highest BCUT2D eigenvalue weighted by atomic mass is 32.1. The lowest BCUT2D eigenvalue weighted by molar-refractivity contribution is 0.634. The monoisotopic (exact) mass is 478 g/mol. The minimum atomic E-state index is 1.24. The van der Waals surface area contributed by atoms with Crippen LogP contribution >= 0.6 is 34.0 Å². The number of hydrogen-bond donors (Lipinski definition) is 0. The number of hydrogen-bond acceptors (Lipinski definition) is 3. The number of benzene rings is 2. The van der Waals surface area contributed by atoms with Crippen molar-refractivity contribution < 1.29 is 0 Å². The summed E-state index contributed by atoms with van der Waals surface area (Å²) in [4.78, 5) is 3.13. The second-order valence-electron chi connectivity index (χ2n) is 9.28. The van der Waals surface area contributed by atoms with Crippen LogP contribution in [0.1, 0.15) is 81.4 Å². The Balaban J connectivity index is 1.40. The zero-order chi connectivity index (χ0) is 21.9. The summed E-state index contributed by atoms with van der Waals surface area (Å²) in [5.41, 5.74) is 0. The molecule has 0 bridgehead atoms. The van der Waals surface area contributed by atoms with Crippen molar-refractivity contribution in [3.63, 3.8) is 0 Å². The Morgan fingerprint density at radius 1 is 0.500 bits per heavy atom. The number of unbranched alkanes of at least 4 members (excludes halogenated alkanes) is 7. The van der Waals surface area contributed by atoms with Gasteiger partial charge in [-0.2, -0.15) is 0 Å². The van der Waals surface area contributed by atoms with E-state index < -0.39 is 0 Å². The first-order valence-corrected chi connectivity index (χ1v) is 15.0. The third-order valence-electron chi connectivity index (χ3n) is 6.64. The highest BCUT2D eigenvalue weighted by Crippen LogP contribution is 2.42. The van der Waals surface area contributed by atoms with Crippen LogP contribution in [-0.2, 0) is 12.8 Å². The molecule has 5 rings (SSSR count). The Bertz CT molecular complexity index is 1330. The summed E-state index contributed by atoms with van der Waals surface area (Å²) in [5, 5.41) is 5.69. The first kappa shape index (κ1) is 22.4. The van der Waals surface area contributed by atoms with E-state index in [0.717, 1.165) is 0 Å². The van der Waals surface area contributed by atoms with Crippen LogP contribution in [0.4, 0.5) is 0 Å². The molecule has 0 radical (unpaired) electrons. The summed E-state index contributed by atoms with van der Waals surface area (Å²) in [6.07, 6.45) is 14.7. The minimum absolute atomic E-state index is 1.24. The van der Waals surface area contributed by atoms with Crippen LogP contribution < -0.4 is 0 Å². The van der Waals surface area contributed by atoms with Gasteiger partial charge in [-0.25, -0.2) is 0 Å². The maximum atomic E-state index is 2.46. The van der Waals surface area contributed by atoms with Crippen molar-refractivity contribution in [2.75, 3.05) is 0 Å². The van der Waals surface area contributed by atoms with E-state index in [2.05, 4.69) is 50.2 Å². The Kier molecular flexibility index (Phi) is 7.16. The van der Waals surface area contributed by atoms with E-state index in [1.165, 1.54) is 111 Å². The molecular weight excluding hydrogens is 445 g/mol. The molecule has 0 atom stereocenters. The van der Waals surface area contributed by atoms with Crippen molar-refractivity contribution in [3.05, 3.63) is 46.2 Å². The summed E-state index contributed by atoms with van der Waals surface area (Å²) < 4.78 is 5.89. The predicted octanol–water partition coefficient (Wildman–Crippen LogP) is 11.1. The van der Waals surface area contributed by atoms with Gasteiger partial charge < -0.3 is 0 Å². The summed E-state index contributed by atoms with van der Waals surface area (Å²) in [6.45, 7) is 4.58. The first-order valence-electron chi connectivity index (χ1n) is 12.6. The molecule has 5 aromatic rings. The number of aryl methyl sites for hydroxylation is 2. The average molecular weight is 479 g/mol. The standard InChI is InChI=1S/C29H34S3/c1-3-5-7-9-11-12-23-15-22-14-20-18-27-25(16-21(20)17-26(22)30-23)29-28(32-27)19-24(31-29)13-10-8-6-4-2/h14-19H,3-13H2,1-2H3. The van der Waals surface area contributed by atoms with Crippen LogP contribution in [0.5, 0.6) is 0 Å². The Morgan fingerprint density at radius 3 is 1.94 bits per heavy atom. The molecule has 2 aromatic carbocycles. The van der Waals surface area contributed by atoms with Gasteiger partial charge in [0.2, 0.25) is 0 Å². The van der Waals surface area contributed by atoms with Crippen LogP contribution in [0.25, 0.3) is 40.3 Å². The Morgan fingerprint density at radius 2 is 1.16 bits per heavy atom. The molecule has 0 N–H and O–H groups in total. The lowest BCUT2D eigenvalue weighted by atomic mass is 10.1. The molecule has 0 amide bonds. The molecule has 0 saturated heterocycles. The van der Waals surface area contributed by atoms with Crippen LogP contribution in [0.3, 0.4) is 0 Å². The normalized spacial score (nSPS) is 12.2. The molecule has 3 aromatic heterocycles. The van der Waals surface area contributed by atoms with Gasteiger partial charge in [-0.3, -0.25) is 0 Å². The average Bonchev–Trinajstić information content (AvgIpc) is 3.45. The molecule has 3 heterocycles. The molecule has 32 heavy (non-hydrogen) atoms. The van der Waals surface area contributed by atoms with Gasteiger partial charge in [0.05, 0.1) is 4.70 Å². The van der Waals surface area contributed by atoms with Crippen molar-refractivity contribution in [2.24, 2.45) is 0 Å². The topological polar surface area (TPSA) is 0 Å². The van der Waals surface area contributed by atoms with E-state index in [1.54, 1.807) is 9.75 Å². The van der Waals surface area contributed by atoms with Crippen molar-refractivity contribution >= 4 is 74.4 Å². The molecule has 0 aliphatic carbocycles. The molecule has 0 aliphatic rings. The zero-order valence-electron chi connectivity index (χ0n) is 19.5. The van der Waals surface area contributed by atoms with Crippen LogP contribution in [0.2, 0.25) is 0 Å². The zero-order valence-corrected chi connectivity index (χ0v) is 21.9. The van der Waals surface area contributed by atoms with Gasteiger partial charge in [0.25, 0.3) is 0 Å². The molecular formula is C29H34S3. The van der Waals surface area contributed by atoms with Gasteiger partial charge in [0.1, 0.15) is 0 Å². The van der Waals surface area contributed by atoms with E-state index in [1.807, 2.05) is 34.0 Å². The van der Waals surface area contributed by atoms with Crippen molar-refractivity contribution in [1.82, 2.24) is 0 Å². The molecule has 0 nitrogen and oxygen atoms in total. The summed E-state index contributed by atoms with van der Waals surface area (Å²) >= 11 is 6.03. The van der Waals surface area contributed by atoms with E-state index >= 15 is 0 Å². The van der Waals surface area contributed by atoms with Crippen LogP contribution in [-0.4, -0.2) is 0 Å². The molecule has 3 heteroatoms. The summed E-state index contributed by atoms with van der Waals surface area (Å²) in [6, 6.07) is 14.7. The van der Waals surface area contributed by atoms with Gasteiger partial charge in [-0.1, -0.05) is 58.8 Å². The number of rotatable bonds is 11. The second kappa shape index (κ2) is 10.2. The molecule has 0 unspecified atom stereocenters. The maximum absolute atomic E-state index is 2.46. The highest BCUT2D eigenvalue weighted by molar-refractivity contribution is 7.32. The fraction of sp³-hybridized carbons (Fsp3) is 0.448. The third kappa shape index (κ3) is 4.76. The van der Waals surface area contributed by atoms with Crippen LogP contribution in [0.15, 0.2) is 36.4 Å². The number of thiophene rings is 3. The van der Waals surface area contributed by atoms with Crippen LogP contribution in [0, 0.1) is 0 Å². The lowest BCUT2D eigenvalue weighted by Gasteiger charge is -2.00. The largest absolute Gasteiger partial charge is 0.140 e. The summed E-state index contributed by atoms with van der Waals surface area (Å²) in [7, 11) is 0. The Labute approximate surface area is 204 Å². The minimum Gasteiger partial charge on any atom is -0.140 e. The van der Waals surface area contributed by atoms with Gasteiger partial charge in [-0.15, -0.1) is 34.0 Å². The van der Waals surface area contributed by atoms with E-state index in [9.17, 15) is 0 Å². The van der Waals surface area contributed by atoms with Gasteiger partial charge in [-0.05, 0) is 78.2 Å². The Hall–Kier alpha value is -1.42. The van der Waals surface area contributed by atoms with Crippen molar-refractivity contribution in [1.29, 1.82) is 0 Å². The molecule has 168 valence electrons. The predicted molar refractivity (Wildman–Crippen MR) is 150 cm³/mol. The smallest absolute Gasteiger partial charge is 0.0532 e. The van der Waals surface area contributed by atoms with Gasteiger partial charge in [0.15, 0.2) is 0 Å². The first-order chi connectivity index (χ1) is 15.7. The highest BCUT2D eigenvalue weighted by Gasteiger charge is 2.12. The van der Waals surface area contributed by atoms with E-state index in [-0.39, 0.29) is 0 Å². The van der Waals surface area contributed by atoms with E-state index in [0.29, 0.717) is 0 Å². The quantitative estimate of drug-likeness (QED) is 0.166. The second-order valence-corrected chi connectivity index (χ2v) is 12.7. The van der Waals surface area contributed by atoms with Crippen molar-refractivity contribution in [3.8, 4) is 0 Å². The third-order valence-corrected chi connectivity index (χ3v) is 10.3. The molecule has 0 fully saturated rings. The maximum Gasteiger partial charge on any atom is 0.0532 e. The van der Waals surface area contributed by atoms with Gasteiger partial charge >= 0.3 is 0 Å². The lowest BCUT2D eigenvalue weighted by Crippen LogP contribution is -1.81. The van der Waals surface area contributed by atoms with Crippen molar-refractivity contribution in [2.45, 2.75) is 84.5 Å². The fourth-order valence-corrected chi connectivity index (χ4v) is 8.56. The van der Waals surface area contributed by atoms with E-state index in [4.69, 9.17) is 0 Å². The SMILES string of the molecule is CCCCCCCc1cc2cc3cc4sc5cc(CCCCCC)sc5c4cc3cc2s1.